The van der Waals surface area contributed by atoms with Crippen molar-refractivity contribution in [3.63, 3.8) is 0 Å². The van der Waals surface area contributed by atoms with Gasteiger partial charge in [0.25, 0.3) is 0 Å². The van der Waals surface area contributed by atoms with Crippen LogP contribution in [0.3, 0.4) is 0 Å². The Labute approximate surface area is 373 Å². The molecule has 64 heavy (non-hydrogen) atoms. The lowest BCUT2D eigenvalue weighted by Crippen LogP contribution is -2.04. The summed E-state index contributed by atoms with van der Waals surface area (Å²) in [7, 11) is 0. The molecule has 1 heteroatoms. The molecule has 12 rings (SSSR count). The first-order valence-corrected chi connectivity index (χ1v) is 22.1. The van der Waals surface area contributed by atoms with Crippen molar-refractivity contribution in [2.24, 2.45) is 0 Å². The topological polar surface area (TPSA) is 13.1 Å². The van der Waals surface area contributed by atoms with Crippen molar-refractivity contribution in [3.05, 3.63) is 265 Å². The van der Waals surface area contributed by atoms with Gasteiger partial charge in [0.2, 0.25) is 0 Å². The summed E-state index contributed by atoms with van der Waals surface area (Å²) in [6, 6.07) is 90.7. The van der Waals surface area contributed by atoms with Gasteiger partial charge >= 0.3 is 0 Å². The quantitative estimate of drug-likeness (QED) is 0.139. The van der Waals surface area contributed by atoms with Crippen molar-refractivity contribution >= 4 is 43.5 Å². The molecule has 0 saturated carbocycles. The molecule has 0 unspecified atom stereocenters. The minimum atomic E-state index is 0.00516. The lowest BCUT2D eigenvalue weighted by molar-refractivity contribution is 0.669. The summed E-state index contributed by atoms with van der Waals surface area (Å²) in [6.45, 7) is 0. The predicted octanol–water partition coefficient (Wildman–Crippen LogP) is 17.4. The van der Waals surface area contributed by atoms with Gasteiger partial charge in [-0.1, -0.05) is 218 Å². The normalized spacial score (nSPS) is 11.6. The second-order valence-corrected chi connectivity index (χ2v) is 16.8. The molecule has 0 fully saturated rings. The van der Waals surface area contributed by atoms with E-state index in [-0.39, 0.29) is 5.92 Å². The highest BCUT2D eigenvalue weighted by atomic mass is 16.3. The maximum atomic E-state index is 6.20. The number of furan rings is 1. The van der Waals surface area contributed by atoms with Crippen molar-refractivity contribution in [2.45, 2.75) is 5.92 Å². The van der Waals surface area contributed by atoms with Gasteiger partial charge < -0.3 is 4.42 Å². The van der Waals surface area contributed by atoms with Crippen LogP contribution in [0.2, 0.25) is 0 Å². The average molecular weight is 815 g/mol. The summed E-state index contributed by atoms with van der Waals surface area (Å²) in [5.74, 6) is 0.00516. The minimum Gasteiger partial charge on any atom is -0.456 e. The van der Waals surface area contributed by atoms with Crippen molar-refractivity contribution in [2.75, 3.05) is 0 Å². The number of hydrogen-bond donors (Lipinski definition) is 0. The van der Waals surface area contributed by atoms with Gasteiger partial charge in [-0.15, -0.1) is 0 Å². The molecule has 0 N–H and O–H groups in total. The highest BCUT2D eigenvalue weighted by Crippen LogP contribution is 2.39. The SMILES string of the molecule is c1cc(-c2ccc(C(c3ccc(-c4cccc(-c5cccc6ccccc56)c4)cc3)c3cccc(-c4ccc5oc6ccccc6c5c4)c3)cc2)cc(-c2cccc3ccccc23)c1. The van der Waals surface area contributed by atoms with Gasteiger partial charge in [-0.2, -0.15) is 0 Å². The van der Waals surface area contributed by atoms with E-state index in [1.54, 1.807) is 0 Å². The van der Waals surface area contributed by atoms with Crippen LogP contribution >= 0.6 is 0 Å². The van der Waals surface area contributed by atoms with E-state index in [0.29, 0.717) is 0 Å². The fraction of sp³-hybridized carbons (Fsp3) is 0.0159. The Kier molecular flexibility index (Phi) is 9.31. The summed E-state index contributed by atoms with van der Waals surface area (Å²) < 4.78 is 6.20. The second-order valence-electron chi connectivity index (χ2n) is 16.8. The third kappa shape index (κ3) is 6.85. The second kappa shape index (κ2) is 15.9. The molecule has 0 aliphatic heterocycles. The zero-order valence-corrected chi connectivity index (χ0v) is 35.2. The van der Waals surface area contributed by atoms with E-state index in [2.05, 4.69) is 237 Å². The molecular formula is C63H42O. The first-order valence-electron chi connectivity index (χ1n) is 22.1. The van der Waals surface area contributed by atoms with Crippen LogP contribution in [0.15, 0.2) is 253 Å². The first-order chi connectivity index (χ1) is 31.7. The minimum absolute atomic E-state index is 0.00516. The number of fused-ring (bicyclic) bond motifs is 5. The molecular weight excluding hydrogens is 773 g/mol. The summed E-state index contributed by atoms with van der Waals surface area (Å²) >= 11 is 0. The van der Waals surface area contributed by atoms with E-state index in [4.69, 9.17) is 4.42 Å². The average Bonchev–Trinajstić information content (AvgIpc) is 3.75. The molecule has 12 aromatic rings. The molecule has 300 valence electrons. The zero-order chi connectivity index (χ0) is 42.4. The van der Waals surface area contributed by atoms with E-state index in [1.807, 2.05) is 12.1 Å². The Morgan fingerprint density at radius 1 is 0.234 bits per heavy atom. The summed E-state index contributed by atoms with van der Waals surface area (Å²) in [4.78, 5) is 0. The third-order valence-corrected chi connectivity index (χ3v) is 13.0. The van der Waals surface area contributed by atoms with Crippen LogP contribution in [0.4, 0.5) is 0 Å². The molecule has 0 atom stereocenters. The summed E-state index contributed by atoms with van der Waals surface area (Å²) in [5.41, 5.74) is 17.6. The van der Waals surface area contributed by atoms with Crippen LogP contribution in [0, 0.1) is 0 Å². The van der Waals surface area contributed by atoms with Gasteiger partial charge in [-0.3, -0.25) is 0 Å². The van der Waals surface area contributed by atoms with Crippen LogP contribution in [-0.4, -0.2) is 0 Å². The standard InChI is InChI=1S/C63H42O/c1-3-22-55-44(12-1)14-10-25-57(55)52-19-7-16-48(38-52)42-28-32-46(33-29-42)63(54-21-9-18-50(40-54)51-36-37-62-60(41-51)59-24-5-6-27-61(59)64-62)47-34-30-43(31-35-47)49-17-8-20-53(39-49)58-26-11-15-45-13-2-4-23-56(45)58/h1-41,63H. The first kappa shape index (κ1) is 37.5. The summed E-state index contributed by atoms with van der Waals surface area (Å²) in [6.07, 6.45) is 0. The largest absolute Gasteiger partial charge is 0.456 e. The number of hydrogen-bond acceptors (Lipinski definition) is 1. The van der Waals surface area contributed by atoms with Crippen LogP contribution in [0.25, 0.3) is 99.1 Å². The van der Waals surface area contributed by atoms with E-state index in [1.165, 1.54) is 93.9 Å². The van der Waals surface area contributed by atoms with Crippen molar-refractivity contribution in [1.29, 1.82) is 0 Å². The van der Waals surface area contributed by atoms with Crippen molar-refractivity contribution in [3.8, 4) is 55.6 Å². The van der Waals surface area contributed by atoms with E-state index >= 15 is 0 Å². The molecule has 1 heterocycles. The van der Waals surface area contributed by atoms with Crippen LogP contribution < -0.4 is 0 Å². The number of para-hydroxylation sites is 1. The lowest BCUT2D eigenvalue weighted by atomic mass is 9.83. The van der Waals surface area contributed by atoms with Gasteiger partial charge in [-0.25, -0.2) is 0 Å². The van der Waals surface area contributed by atoms with Crippen molar-refractivity contribution in [1.82, 2.24) is 0 Å². The Bertz CT molecular complexity index is 3490. The van der Waals surface area contributed by atoms with Gasteiger partial charge in [0.05, 0.1) is 0 Å². The molecule has 0 bridgehead atoms. The third-order valence-electron chi connectivity index (χ3n) is 13.0. The van der Waals surface area contributed by atoms with E-state index in [0.717, 1.165) is 21.9 Å². The fourth-order valence-corrected chi connectivity index (χ4v) is 9.80. The fourth-order valence-electron chi connectivity index (χ4n) is 9.80. The maximum Gasteiger partial charge on any atom is 0.135 e. The highest BCUT2D eigenvalue weighted by molar-refractivity contribution is 6.06. The Balaban J connectivity index is 0.926. The van der Waals surface area contributed by atoms with Gasteiger partial charge in [0.15, 0.2) is 0 Å². The number of rotatable bonds is 8. The molecule has 11 aromatic carbocycles. The maximum absolute atomic E-state index is 6.20. The Hall–Kier alpha value is -8.26. The van der Waals surface area contributed by atoms with Gasteiger partial charge in [0.1, 0.15) is 11.2 Å². The van der Waals surface area contributed by atoms with E-state index < -0.39 is 0 Å². The smallest absolute Gasteiger partial charge is 0.135 e. The lowest BCUT2D eigenvalue weighted by Gasteiger charge is -2.21. The van der Waals surface area contributed by atoms with Gasteiger partial charge in [0, 0.05) is 16.7 Å². The molecule has 0 spiro atoms. The highest BCUT2D eigenvalue weighted by Gasteiger charge is 2.19. The molecule has 0 radical (unpaired) electrons. The van der Waals surface area contributed by atoms with Gasteiger partial charge in [-0.05, 0) is 124 Å². The molecule has 0 aliphatic carbocycles. The molecule has 0 aliphatic rings. The van der Waals surface area contributed by atoms with Crippen LogP contribution in [0.1, 0.15) is 22.6 Å². The number of benzene rings is 11. The summed E-state index contributed by atoms with van der Waals surface area (Å²) in [5, 5.41) is 7.31. The predicted molar refractivity (Wildman–Crippen MR) is 270 cm³/mol. The Morgan fingerprint density at radius 3 is 1.25 bits per heavy atom. The van der Waals surface area contributed by atoms with E-state index in [9.17, 15) is 0 Å². The van der Waals surface area contributed by atoms with Crippen molar-refractivity contribution < 1.29 is 4.42 Å². The zero-order valence-electron chi connectivity index (χ0n) is 35.2. The molecule has 1 aromatic heterocycles. The monoisotopic (exact) mass is 814 g/mol. The molecule has 0 saturated heterocycles. The molecule has 1 nitrogen and oxygen atoms in total. The molecule has 0 amide bonds. The Morgan fingerprint density at radius 2 is 0.656 bits per heavy atom. The van der Waals surface area contributed by atoms with Crippen LogP contribution in [-0.2, 0) is 0 Å². The van der Waals surface area contributed by atoms with Crippen LogP contribution in [0.5, 0.6) is 0 Å².